The maximum atomic E-state index is 2.45. The second kappa shape index (κ2) is 17.4. The summed E-state index contributed by atoms with van der Waals surface area (Å²) in [4.78, 5) is 2.45. The minimum atomic E-state index is -0.497. The Morgan fingerprint density at radius 3 is 1.16 bits per heavy atom. The fourth-order valence-corrected chi connectivity index (χ4v) is 13.4. The molecule has 0 saturated heterocycles. The smallest absolute Gasteiger partial charge is 0.0713 e. The van der Waals surface area contributed by atoms with Gasteiger partial charge in [-0.3, -0.25) is 0 Å². The van der Waals surface area contributed by atoms with Crippen LogP contribution in [0.1, 0.15) is 44.5 Å². The molecule has 0 spiro atoms. The van der Waals surface area contributed by atoms with Crippen molar-refractivity contribution in [1.82, 2.24) is 4.57 Å². The number of hydrogen-bond acceptors (Lipinski definition) is 1. The fraction of sp³-hybridized carbons (Fsp3) is 0.0270. The van der Waals surface area contributed by atoms with Gasteiger partial charge in [0.15, 0.2) is 0 Å². The normalized spacial score (nSPS) is 13.5. The predicted octanol–water partition coefficient (Wildman–Crippen LogP) is 18.6. The SMILES string of the molecule is c1ccc(C2(c3ccc(N(c4ccc(-c5cccc(-n6c7ccccc7c7ccccc76)c5)cc4)c4ccc5c(c4)-c4ccccc4C5(c4ccccc4)c4ccccc4)cc3)c3ccccc3-c3ccccc32)cc1. The molecule has 0 unspecified atom stereocenters. The molecule has 13 aromatic rings. The number of anilines is 3. The molecular weight excluding hydrogens is 917 g/mol. The third-order valence-corrected chi connectivity index (χ3v) is 16.6. The van der Waals surface area contributed by atoms with E-state index in [0.29, 0.717) is 0 Å². The number of para-hydroxylation sites is 2. The van der Waals surface area contributed by atoms with Crippen LogP contribution in [0, 0.1) is 0 Å². The predicted molar refractivity (Wildman–Crippen MR) is 316 cm³/mol. The lowest BCUT2D eigenvalue weighted by atomic mass is 9.67. The average Bonchev–Trinajstić information content (AvgIpc) is 4.29. The summed E-state index contributed by atoms with van der Waals surface area (Å²) < 4.78 is 2.40. The highest BCUT2D eigenvalue weighted by atomic mass is 15.1. The van der Waals surface area contributed by atoms with Crippen LogP contribution in [0.4, 0.5) is 17.1 Å². The van der Waals surface area contributed by atoms with Crippen LogP contribution in [-0.4, -0.2) is 4.57 Å². The highest BCUT2D eigenvalue weighted by molar-refractivity contribution is 6.09. The molecule has 1 aromatic heterocycles. The zero-order chi connectivity index (χ0) is 50.2. The van der Waals surface area contributed by atoms with Crippen LogP contribution in [0.25, 0.3) is 60.9 Å². The van der Waals surface area contributed by atoms with Crippen molar-refractivity contribution >= 4 is 38.9 Å². The molecule has 356 valence electrons. The minimum Gasteiger partial charge on any atom is -0.310 e. The second-order valence-electron chi connectivity index (χ2n) is 20.3. The Labute approximate surface area is 443 Å². The van der Waals surface area contributed by atoms with Crippen molar-refractivity contribution in [3.05, 3.63) is 348 Å². The van der Waals surface area contributed by atoms with Gasteiger partial charge in [-0.1, -0.05) is 243 Å². The number of benzene rings is 12. The third kappa shape index (κ3) is 6.41. The van der Waals surface area contributed by atoms with E-state index in [1.807, 2.05) is 0 Å². The van der Waals surface area contributed by atoms with Gasteiger partial charge in [0.2, 0.25) is 0 Å². The first-order valence-corrected chi connectivity index (χ1v) is 26.4. The van der Waals surface area contributed by atoms with E-state index >= 15 is 0 Å². The first kappa shape index (κ1) is 43.8. The Balaban J connectivity index is 0.901. The summed E-state index contributed by atoms with van der Waals surface area (Å²) in [5, 5.41) is 2.52. The molecule has 0 aliphatic heterocycles. The lowest BCUT2D eigenvalue weighted by Gasteiger charge is -2.35. The lowest BCUT2D eigenvalue weighted by molar-refractivity contribution is 0.768. The summed E-state index contributed by atoms with van der Waals surface area (Å²) in [5.74, 6) is 0. The molecule has 0 saturated carbocycles. The Hall–Kier alpha value is -9.76. The Bertz CT molecular complexity index is 4180. The van der Waals surface area contributed by atoms with Gasteiger partial charge >= 0.3 is 0 Å². The molecule has 15 rings (SSSR count). The van der Waals surface area contributed by atoms with E-state index < -0.39 is 10.8 Å². The molecule has 0 fully saturated rings. The Morgan fingerprint density at radius 2 is 0.645 bits per heavy atom. The van der Waals surface area contributed by atoms with Crippen LogP contribution in [0.2, 0.25) is 0 Å². The van der Waals surface area contributed by atoms with E-state index in [4.69, 9.17) is 0 Å². The summed E-state index contributed by atoms with van der Waals surface area (Å²) in [7, 11) is 0. The summed E-state index contributed by atoms with van der Waals surface area (Å²) in [6, 6.07) is 112. The van der Waals surface area contributed by atoms with E-state index in [-0.39, 0.29) is 0 Å². The molecule has 0 atom stereocenters. The van der Waals surface area contributed by atoms with Crippen molar-refractivity contribution in [2.24, 2.45) is 0 Å². The number of rotatable bonds is 9. The molecule has 0 bridgehead atoms. The molecule has 76 heavy (non-hydrogen) atoms. The molecule has 2 heteroatoms. The highest BCUT2D eigenvalue weighted by Crippen LogP contribution is 2.59. The first-order chi connectivity index (χ1) is 37.7. The summed E-state index contributed by atoms with van der Waals surface area (Å²) in [5.41, 5.74) is 23.4. The van der Waals surface area contributed by atoms with Crippen LogP contribution in [0.15, 0.2) is 303 Å². The standard InChI is InChI=1S/C74H50N2/c1-4-22-53(23-5-1)73(54-24-6-2-7-25-54)69-36-17-12-31-63(69)66-50-60(47-48-70(66)73)75(57-43-39-51(40-44-57)52-21-20-28-59(49-52)76-71-37-18-13-32-64(71)65-33-14-19-38-72(65)76)58-45-41-56(42-46-58)74(55-26-8-3-9-27-55)67-34-15-10-29-61(67)62-30-11-16-35-68(62)74/h1-50H. The first-order valence-electron chi connectivity index (χ1n) is 26.4. The van der Waals surface area contributed by atoms with Crippen molar-refractivity contribution < 1.29 is 0 Å². The highest BCUT2D eigenvalue weighted by Gasteiger charge is 2.47. The van der Waals surface area contributed by atoms with Crippen LogP contribution >= 0.6 is 0 Å². The Morgan fingerprint density at radius 1 is 0.250 bits per heavy atom. The van der Waals surface area contributed by atoms with E-state index in [1.165, 1.54) is 88.6 Å². The van der Waals surface area contributed by atoms with Gasteiger partial charge in [-0.15, -0.1) is 0 Å². The Kier molecular flexibility index (Phi) is 10.0. The molecule has 0 N–H and O–H groups in total. The maximum Gasteiger partial charge on any atom is 0.0713 e. The van der Waals surface area contributed by atoms with Gasteiger partial charge in [0.1, 0.15) is 0 Å². The van der Waals surface area contributed by atoms with E-state index in [2.05, 4.69) is 313 Å². The summed E-state index contributed by atoms with van der Waals surface area (Å²) >= 11 is 0. The van der Waals surface area contributed by atoms with Crippen molar-refractivity contribution in [3.8, 4) is 39.1 Å². The summed E-state index contributed by atoms with van der Waals surface area (Å²) in [6.07, 6.45) is 0. The lowest BCUT2D eigenvalue weighted by Crippen LogP contribution is -2.28. The van der Waals surface area contributed by atoms with Gasteiger partial charge in [-0.05, 0) is 139 Å². The quantitative estimate of drug-likeness (QED) is 0.140. The number of fused-ring (bicyclic) bond motifs is 9. The van der Waals surface area contributed by atoms with Crippen molar-refractivity contribution in [1.29, 1.82) is 0 Å². The third-order valence-electron chi connectivity index (χ3n) is 16.6. The number of nitrogens with zero attached hydrogens (tertiary/aromatic N) is 2. The zero-order valence-corrected chi connectivity index (χ0v) is 41.8. The molecule has 1 heterocycles. The van der Waals surface area contributed by atoms with Gasteiger partial charge in [-0.2, -0.15) is 0 Å². The molecule has 2 aliphatic carbocycles. The molecule has 2 nitrogen and oxygen atoms in total. The fourth-order valence-electron chi connectivity index (χ4n) is 13.4. The average molecular weight is 967 g/mol. The minimum absolute atomic E-state index is 0.492. The van der Waals surface area contributed by atoms with Crippen molar-refractivity contribution in [3.63, 3.8) is 0 Å². The molecule has 0 radical (unpaired) electrons. The van der Waals surface area contributed by atoms with Gasteiger partial charge in [-0.25, -0.2) is 0 Å². The number of aromatic nitrogens is 1. The van der Waals surface area contributed by atoms with Gasteiger partial charge in [0.05, 0.1) is 21.9 Å². The number of hydrogen-bond donors (Lipinski definition) is 0. The molecular formula is C74H50N2. The topological polar surface area (TPSA) is 8.17 Å². The van der Waals surface area contributed by atoms with Gasteiger partial charge < -0.3 is 9.47 Å². The summed E-state index contributed by atoms with van der Waals surface area (Å²) in [6.45, 7) is 0. The van der Waals surface area contributed by atoms with E-state index in [9.17, 15) is 0 Å². The van der Waals surface area contributed by atoms with Crippen LogP contribution in [0.5, 0.6) is 0 Å². The van der Waals surface area contributed by atoms with Gasteiger partial charge in [0.25, 0.3) is 0 Å². The largest absolute Gasteiger partial charge is 0.310 e. The van der Waals surface area contributed by atoms with Gasteiger partial charge in [0, 0.05) is 33.5 Å². The van der Waals surface area contributed by atoms with E-state index in [1.54, 1.807) is 0 Å². The monoisotopic (exact) mass is 966 g/mol. The van der Waals surface area contributed by atoms with Crippen LogP contribution in [-0.2, 0) is 10.8 Å². The molecule has 12 aromatic carbocycles. The van der Waals surface area contributed by atoms with E-state index in [0.717, 1.165) is 33.9 Å². The molecule has 0 amide bonds. The van der Waals surface area contributed by atoms with Crippen molar-refractivity contribution in [2.45, 2.75) is 10.8 Å². The zero-order valence-electron chi connectivity index (χ0n) is 41.8. The maximum absolute atomic E-state index is 2.45. The van der Waals surface area contributed by atoms with Crippen LogP contribution in [0.3, 0.4) is 0 Å². The molecule has 2 aliphatic rings. The second-order valence-corrected chi connectivity index (χ2v) is 20.3. The van der Waals surface area contributed by atoms with Crippen molar-refractivity contribution in [2.75, 3.05) is 4.90 Å². The van der Waals surface area contributed by atoms with Crippen LogP contribution < -0.4 is 4.90 Å².